The van der Waals surface area contributed by atoms with Gasteiger partial charge in [-0.1, -0.05) is 6.92 Å². The third-order valence-electron chi connectivity index (χ3n) is 3.24. The third-order valence-corrected chi connectivity index (χ3v) is 3.24. The van der Waals surface area contributed by atoms with E-state index in [0.717, 1.165) is 10.8 Å². The van der Waals surface area contributed by atoms with Crippen molar-refractivity contribution in [3.8, 4) is 0 Å². The van der Waals surface area contributed by atoms with Gasteiger partial charge in [0, 0.05) is 6.42 Å². The lowest BCUT2D eigenvalue weighted by Gasteiger charge is -2.17. The monoisotopic (exact) mass is 301 g/mol. The fourth-order valence-corrected chi connectivity index (χ4v) is 1.99. The van der Waals surface area contributed by atoms with Gasteiger partial charge in [0.1, 0.15) is 12.2 Å². The molecule has 9 heteroatoms. The topological polar surface area (TPSA) is 114 Å². The molecule has 4 atom stereocenters. The Morgan fingerprint density at radius 3 is 2.71 bits per heavy atom. The zero-order valence-electron chi connectivity index (χ0n) is 11.5. The van der Waals surface area contributed by atoms with Crippen LogP contribution in [-0.4, -0.2) is 44.0 Å². The zero-order valence-corrected chi connectivity index (χ0v) is 11.5. The molecule has 1 aliphatic heterocycles. The van der Waals surface area contributed by atoms with Crippen LogP contribution in [0.1, 0.15) is 26.5 Å². The predicted molar refractivity (Wildman–Crippen MR) is 69.0 cm³/mol. The Morgan fingerprint density at radius 2 is 2.19 bits per heavy atom. The van der Waals surface area contributed by atoms with Crippen molar-refractivity contribution in [2.45, 2.75) is 44.8 Å². The lowest BCUT2D eigenvalue weighted by Crippen LogP contribution is -2.36. The molecule has 0 unspecified atom stereocenters. The van der Waals surface area contributed by atoms with Crippen LogP contribution in [0.2, 0.25) is 0 Å². The minimum atomic E-state index is -1.38. The average molecular weight is 301 g/mol. The summed E-state index contributed by atoms with van der Waals surface area (Å²) in [5.74, 6) is -1.91. The van der Waals surface area contributed by atoms with Gasteiger partial charge in [-0.2, -0.15) is 4.98 Å². The molecule has 21 heavy (non-hydrogen) atoms. The van der Waals surface area contributed by atoms with E-state index in [-0.39, 0.29) is 6.42 Å². The van der Waals surface area contributed by atoms with Gasteiger partial charge in [-0.05, 0) is 6.92 Å². The SMILES string of the molecule is CCC(=O)Nc1nc(=O)n([C@@H]2O[C@H](C)[C@@H](O)[C@H]2O)cc1F. The molecule has 3 N–H and O–H groups in total. The molecule has 1 amide bonds. The van der Waals surface area contributed by atoms with E-state index in [1.807, 2.05) is 0 Å². The summed E-state index contributed by atoms with van der Waals surface area (Å²) in [6, 6.07) is 0. The maximum absolute atomic E-state index is 13.9. The van der Waals surface area contributed by atoms with Crippen LogP contribution in [0.15, 0.2) is 11.0 Å². The van der Waals surface area contributed by atoms with E-state index in [9.17, 15) is 24.2 Å². The van der Waals surface area contributed by atoms with Crippen molar-refractivity contribution in [1.29, 1.82) is 0 Å². The highest BCUT2D eigenvalue weighted by Crippen LogP contribution is 2.28. The van der Waals surface area contributed by atoms with Gasteiger partial charge in [0.25, 0.3) is 0 Å². The van der Waals surface area contributed by atoms with E-state index in [1.54, 1.807) is 6.92 Å². The molecule has 0 saturated carbocycles. The molecule has 1 aromatic rings. The molecule has 0 radical (unpaired) electrons. The average Bonchev–Trinajstić information content (AvgIpc) is 2.70. The molecule has 1 aromatic heterocycles. The van der Waals surface area contributed by atoms with Crippen LogP contribution in [0, 0.1) is 5.82 Å². The maximum Gasteiger partial charge on any atom is 0.351 e. The maximum atomic E-state index is 13.9. The third kappa shape index (κ3) is 2.94. The number of ether oxygens (including phenoxy) is 1. The van der Waals surface area contributed by atoms with Crippen LogP contribution in [0.25, 0.3) is 0 Å². The Kier molecular flexibility index (Phi) is 4.35. The second-order valence-corrected chi connectivity index (χ2v) is 4.74. The van der Waals surface area contributed by atoms with Crippen molar-refractivity contribution >= 4 is 11.7 Å². The Morgan fingerprint density at radius 1 is 1.52 bits per heavy atom. The second-order valence-electron chi connectivity index (χ2n) is 4.74. The van der Waals surface area contributed by atoms with E-state index in [4.69, 9.17) is 4.74 Å². The van der Waals surface area contributed by atoms with Gasteiger partial charge in [0.2, 0.25) is 5.91 Å². The van der Waals surface area contributed by atoms with Gasteiger partial charge in [-0.25, -0.2) is 9.18 Å². The summed E-state index contributed by atoms with van der Waals surface area (Å²) in [5.41, 5.74) is -0.909. The first-order valence-corrected chi connectivity index (χ1v) is 6.45. The van der Waals surface area contributed by atoms with E-state index >= 15 is 0 Å². The summed E-state index contributed by atoms with van der Waals surface area (Å²) in [5, 5.41) is 21.6. The summed E-state index contributed by atoms with van der Waals surface area (Å²) in [6.07, 6.45) is -3.63. The van der Waals surface area contributed by atoms with Gasteiger partial charge in [0.05, 0.1) is 12.3 Å². The molecule has 2 rings (SSSR count). The molecule has 2 heterocycles. The quantitative estimate of drug-likeness (QED) is 0.685. The lowest BCUT2D eigenvalue weighted by atomic mass is 10.1. The number of carbonyl (C=O) groups is 1. The first kappa shape index (κ1) is 15.5. The Hall–Kier alpha value is -1.84. The molecule has 0 aromatic carbocycles. The Bertz CT molecular complexity index is 605. The number of hydrogen-bond donors (Lipinski definition) is 3. The van der Waals surface area contributed by atoms with Crippen LogP contribution in [0.3, 0.4) is 0 Å². The fraction of sp³-hybridized carbons (Fsp3) is 0.583. The molecule has 1 aliphatic rings. The second kappa shape index (κ2) is 5.88. The van der Waals surface area contributed by atoms with E-state index in [2.05, 4.69) is 10.3 Å². The van der Waals surface area contributed by atoms with Gasteiger partial charge in [-0.3, -0.25) is 9.36 Å². The number of aliphatic hydroxyl groups is 2. The molecular formula is C12H16FN3O5. The van der Waals surface area contributed by atoms with E-state index in [0.29, 0.717) is 0 Å². The summed E-state index contributed by atoms with van der Waals surface area (Å²) in [7, 11) is 0. The molecule has 0 aliphatic carbocycles. The number of carbonyl (C=O) groups excluding carboxylic acids is 1. The number of anilines is 1. The molecule has 116 valence electrons. The highest BCUT2D eigenvalue weighted by Gasteiger charge is 2.42. The Balaban J connectivity index is 2.33. The highest BCUT2D eigenvalue weighted by molar-refractivity contribution is 5.89. The summed E-state index contributed by atoms with van der Waals surface area (Å²) in [6.45, 7) is 3.08. The standard InChI is InChI=1S/C12H16FN3O5/c1-3-7(17)14-10-6(13)4-16(12(20)15-10)11-9(19)8(18)5(2)21-11/h4-5,8-9,11,18-19H,3H2,1-2H3,(H,14,15,17,20)/t5-,8-,9-,11-/m1/s1. The largest absolute Gasteiger partial charge is 0.388 e. The lowest BCUT2D eigenvalue weighted by molar-refractivity contribution is -0.115. The van der Waals surface area contributed by atoms with E-state index in [1.165, 1.54) is 6.92 Å². The smallest absolute Gasteiger partial charge is 0.351 e. The number of hydrogen-bond acceptors (Lipinski definition) is 6. The van der Waals surface area contributed by atoms with Crippen LogP contribution < -0.4 is 11.0 Å². The van der Waals surface area contributed by atoms with Crippen molar-refractivity contribution in [3.05, 3.63) is 22.5 Å². The summed E-state index contributed by atoms with van der Waals surface area (Å²) >= 11 is 0. The van der Waals surface area contributed by atoms with Crippen molar-refractivity contribution < 1.29 is 24.1 Å². The normalized spacial score (nSPS) is 28.6. The number of nitrogens with zero attached hydrogens (tertiary/aromatic N) is 2. The summed E-state index contributed by atoms with van der Waals surface area (Å²) < 4.78 is 19.8. The first-order chi connectivity index (χ1) is 9.85. The minimum Gasteiger partial charge on any atom is -0.388 e. The first-order valence-electron chi connectivity index (χ1n) is 6.45. The van der Waals surface area contributed by atoms with Crippen molar-refractivity contribution in [3.63, 3.8) is 0 Å². The van der Waals surface area contributed by atoms with Crippen LogP contribution in [-0.2, 0) is 9.53 Å². The number of nitrogens with one attached hydrogen (secondary N) is 1. The van der Waals surface area contributed by atoms with Crippen LogP contribution in [0.4, 0.5) is 10.2 Å². The molecule has 8 nitrogen and oxygen atoms in total. The fourth-order valence-electron chi connectivity index (χ4n) is 1.99. The number of amides is 1. The number of rotatable bonds is 3. The van der Waals surface area contributed by atoms with Crippen molar-refractivity contribution in [2.24, 2.45) is 0 Å². The highest BCUT2D eigenvalue weighted by atomic mass is 19.1. The zero-order chi connectivity index (χ0) is 15.7. The number of aliphatic hydroxyl groups excluding tert-OH is 2. The molecule has 0 spiro atoms. The van der Waals surface area contributed by atoms with Gasteiger partial charge in [0.15, 0.2) is 17.9 Å². The van der Waals surface area contributed by atoms with Crippen molar-refractivity contribution in [2.75, 3.05) is 5.32 Å². The van der Waals surface area contributed by atoms with Gasteiger partial charge in [-0.15, -0.1) is 0 Å². The predicted octanol–water partition coefficient (Wildman–Crippen LogP) is -0.630. The number of halogens is 1. The summed E-state index contributed by atoms with van der Waals surface area (Å²) in [4.78, 5) is 26.5. The molecule has 1 fully saturated rings. The number of aromatic nitrogens is 2. The van der Waals surface area contributed by atoms with Crippen LogP contribution in [0.5, 0.6) is 0 Å². The Labute approximate surface area is 119 Å². The molecule has 1 saturated heterocycles. The van der Waals surface area contributed by atoms with Crippen LogP contribution >= 0.6 is 0 Å². The van der Waals surface area contributed by atoms with Gasteiger partial charge < -0.3 is 20.3 Å². The molecular weight excluding hydrogens is 285 g/mol. The van der Waals surface area contributed by atoms with Gasteiger partial charge >= 0.3 is 5.69 Å². The minimum absolute atomic E-state index is 0.109. The van der Waals surface area contributed by atoms with Crippen molar-refractivity contribution in [1.82, 2.24) is 9.55 Å². The van der Waals surface area contributed by atoms with E-state index < -0.39 is 47.8 Å². The molecule has 0 bridgehead atoms.